The van der Waals surface area contributed by atoms with E-state index in [-0.39, 0.29) is 12.8 Å². The lowest BCUT2D eigenvalue weighted by Gasteiger charge is -2.43. The van der Waals surface area contributed by atoms with Gasteiger partial charge in [0.2, 0.25) is 0 Å². The summed E-state index contributed by atoms with van der Waals surface area (Å²) in [7, 11) is 0. The average molecular weight is 747 g/mol. The number of hydrogen-bond donors (Lipinski definition) is 0. The van der Waals surface area contributed by atoms with Gasteiger partial charge in [-0.3, -0.25) is 9.59 Å². The van der Waals surface area contributed by atoms with Crippen LogP contribution in [0, 0.1) is 0 Å². The van der Waals surface area contributed by atoms with Gasteiger partial charge < -0.3 is 9.47 Å². The van der Waals surface area contributed by atoms with Gasteiger partial charge in [-0.05, 0) is 12.8 Å². The zero-order chi connectivity index (χ0) is 38.0. The lowest BCUT2D eigenvalue weighted by atomic mass is 9.87. The summed E-state index contributed by atoms with van der Waals surface area (Å²) in [6.07, 6.45) is -9.75. The highest BCUT2D eigenvalue weighted by Gasteiger charge is 2.95. The number of carbonyl (C=O) groups excluding carboxylic acids is 2. The molecule has 0 aromatic heterocycles. The number of unbranched alkanes of at least 4 members (excludes halogenated alkanes) is 8. The molecule has 0 spiro atoms. The van der Waals surface area contributed by atoms with Crippen LogP contribution in [0.3, 0.4) is 0 Å². The van der Waals surface area contributed by atoms with Crippen LogP contribution in [0.2, 0.25) is 0 Å². The highest BCUT2D eigenvalue weighted by molar-refractivity contribution is 5.70. The van der Waals surface area contributed by atoms with Crippen LogP contribution in [0.5, 0.6) is 0 Å². The van der Waals surface area contributed by atoms with Gasteiger partial charge in [0.05, 0.1) is 6.42 Å². The summed E-state index contributed by atoms with van der Waals surface area (Å²) in [5, 5.41) is 0. The van der Waals surface area contributed by atoms with Gasteiger partial charge in [0, 0.05) is 12.8 Å². The molecule has 0 aliphatic heterocycles. The summed E-state index contributed by atoms with van der Waals surface area (Å²) < 4.78 is 241. The minimum absolute atomic E-state index is 0.00813. The van der Waals surface area contributed by atoms with Crippen LogP contribution in [-0.4, -0.2) is 72.3 Å². The van der Waals surface area contributed by atoms with E-state index in [0.717, 1.165) is 19.3 Å². The molecule has 1 unspecified atom stereocenters. The normalized spacial score (nSPS) is 15.0. The molecule has 0 fully saturated rings. The van der Waals surface area contributed by atoms with Crippen molar-refractivity contribution < 1.29 is 93.7 Å². The van der Waals surface area contributed by atoms with E-state index in [4.69, 9.17) is 0 Å². The first-order chi connectivity index (χ1) is 21.5. The van der Waals surface area contributed by atoms with Crippen LogP contribution in [0.4, 0.5) is 74.6 Å². The molecule has 0 bridgehead atoms. The van der Waals surface area contributed by atoms with Gasteiger partial charge in [-0.1, -0.05) is 65.2 Å². The summed E-state index contributed by atoms with van der Waals surface area (Å²) in [6, 6.07) is 0. The molecule has 48 heavy (non-hydrogen) atoms. The number of ether oxygens (including phenoxy) is 2. The molecule has 4 nitrogen and oxygen atoms in total. The average Bonchev–Trinajstić information content (AvgIpc) is 2.94. The van der Waals surface area contributed by atoms with Gasteiger partial charge in [0.15, 0.2) is 0 Å². The van der Waals surface area contributed by atoms with Crippen molar-refractivity contribution in [3.8, 4) is 0 Å². The maximum absolute atomic E-state index is 14.6. The first kappa shape index (κ1) is 45.8. The number of hydrogen-bond acceptors (Lipinski definition) is 4. The fourth-order valence-corrected chi connectivity index (χ4v) is 3.99. The molecule has 0 saturated heterocycles. The van der Waals surface area contributed by atoms with Crippen molar-refractivity contribution in [3.63, 3.8) is 0 Å². The van der Waals surface area contributed by atoms with Crippen molar-refractivity contribution in [1.29, 1.82) is 0 Å². The molecule has 0 aromatic carbocycles. The van der Waals surface area contributed by atoms with Crippen LogP contribution in [0.15, 0.2) is 0 Å². The van der Waals surface area contributed by atoms with Crippen molar-refractivity contribution >= 4 is 11.9 Å². The highest BCUT2D eigenvalue weighted by atomic mass is 19.4. The molecule has 0 amide bonds. The molecule has 0 heterocycles. The number of esters is 2. The predicted octanol–water partition coefficient (Wildman–Crippen LogP) is 10.6. The molecule has 0 saturated carbocycles. The second-order valence-electron chi connectivity index (χ2n) is 11.0. The Kier molecular flexibility index (Phi) is 16.3. The largest absolute Gasteiger partial charge is 0.462 e. The van der Waals surface area contributed by atoms with Crippen LogP contribution < -0.4 is 0 Å². The summed E-state index contributed by atoms with van der Waals surface area (Å²) in [5.74, 6) is -60.3. The molecule has 0 radical (unpaired) electrons. The monoisotopic (exact) mass is 746 g/mol. The van der Waals surface area contributed by atoms with E-state index in [1.807, 2.05) is 13.8 Å². The fraction of sp³-hybridized carbons (Fsp3) is 0.926. The van der Waals surface area contributed by atoms with Gasteiger partial charge in [0.25, 0.3) is 0 Å². The Morgan fingerprint density at radius 1 is 0.479 bits per heavy atom. The van der Waals surface area contributed by atoms with E-state index < -0.39 is 91.5 Å². The van der Waals surface area contributed by atoms with E-state index in [0.29, 0.717) is 32.1 Å². The van der Waals surface area contributed by atoms with Crippen molar-refractivity contribution in [3.05, 3.63) is 0 Å². The van der Waals surface area contributed by atoms with Crippen LogP contribution >= 0.6 is 0 Å². The molecule has 286 valence electrons. The summed E-state index contributed by atoms with van der Waals surface area (Å²) in [6.45, 7) is 2.05. The number of rotatable bonds is 23. The number of halogens is 17. The van der Waals surface area contributed by atoms with E-state index in [9.17, 15) is 84.2 Å². The Morgan fingerprint density at radius 2 is 0.833 bits per heavy atom. The van der Waals surface area contributed by atoms with E-state index in [1.165, 1.54) is 0 Å². The predicted molar refractivity (Wildman–Crippen MR) is 133 cm³/mol. The van der Waals surface area contributed by atoms with Crippen LogP contribution in [-0.2, 0) is 19.1 Å². The summed E-state index contributed by atoms with van der Waals surface area (Å²) in [4.78, 5) is 24.0. The fourth-order valence-electron chi connectivity index (χ4n) is 3.99. The maximum atomic E-state index is 14.6. The lowest BCUT2D eigenvalue weighted by Crippen LogP contribution is -2.74. The Morgan fingerprint density at radius 3 is 1.23 bits per heavy atom. The Labute approximate surface area is 264 Å². The third-order valence-electron chi connectivity index (χ3n) is 6.97. The minimum Gasteiger partial charge on any atom is -0.462 e. The van der Waals surface area contributed by atoms with E-state index in [2.05, 4.69) is 9.47 Å². The van der Waals surface area contributed by atoms with Crippen molar-refractivity contribution in [2.45, 2.75) is 151 Å². The van der Waals surface area contributed by atoms with Gasteiger partial charge in [-0.25, -0.2) is 0 Å². The number of carbonyl (C=O) groups is 2. The third kappa shape index (κ3) is 10.2. The van der Waals surface area contributed by atoms with Crippen LogP contribution in [0.25, 0.3) is 0 Å². The smallest absolute Gasteiger partial charge is 0.460 e. The molecular formula is C27H35F17O4. The molecule has 21 heteroatoms. The van der Waals surface area contributed by atoms with Crippen molar-refractivity contribution in [1.82, 2.24) is 0 Å². The molecule has 0 aromatic rings. The maximum Gasteiger partial charge on any atom is 0.460 e. The lowest BCUT2D eigenvalue weighted by molar-refractivity contribution is -0.462. The zero-order valence-electron chi connectivity index (χ0n) is 25.5. The molecule has 0 aliphatic rings. The standard InChI is InChI=1S/C27H35F17O4/c1-3-5-7-9-11-13-18(45)47-16-17(48-19(46)14-12-10-8-6-4-2)15-20(28,29)21(30,31)22(32,33)23(34,35)24(36,37)25(38,39)26(40,41)27(42,43)44/h17H,3-16H2,1-2H3. The van der Waals surface area contributed by atoms with Gasteiger partial charge in [-0.2, -0.15) is 74.6 Å². The third-order valence-corrected chi connectivity index (χ3v) is 6.97. The molecular weight excluding hydrogens is 711 g/mol. The van der Waals surface area contributed by atoms with Crippen molar-refractivity contribution in [2.24, 2.45) is 0 Å². The van der Waals surface area contributed by atoms with Gasteiger partial charge >= 0.3 is 59.6 Å². The van der Waals surface area contributed by atoms with E-state index in [1.54, 1.807) is 0 Å². The molecule has 1 atom stereocenters. The number of alkyl halides is 17. The van der Waals surface area contributed by atoms with Gasteiger partial charge in [0.1, 0.15) is 12.7 Å². The first-order valence-electron chi connectivity index (χ1n) is 14.6. The quantitative estimate of drug-likeness (QED) is 0.0594. The Hall–Kier alpha value is -2.25. The van der Waals surface area contributed by atoms with Crippen molar-refractivity contribution in [2.75, 3.05) is 6.61 Å². The zero-order valence-corrected chi connectivity index (χ0v) is 25.5. The van der Waals surface area contributed by atoms with Gasteiger partial charge in [-0.15, -0.1) is 0 Å². The molecule has 0 rings (SSSR count). The summed E-state index contributed by atoms with van der Waals surface area (Å²) >= 11 is 0. The topological polar surface area (TPSA) is 52.6 Å². The minimum atomic E-state index is -8.75. The molecule has 0 N–H and O–H groups in total. The van der Waals surface area contributed by atoms with Crippen LogP contribution in [0.1, 0.15) is 97.3 Å². The Bertz CT molecular complexity index is 1010. The summed E-state index contributed by atoms with van der Waals surface area (Å²) in [5.41, 5.74) is 0. The highest BCUT2D eigenvalue weighted by Crippen LogP contribution is 2.64. The SMILES string of the molecule is CCCCCCCC(=O)OCC(CC(F)(F)C(F)(F)C(F)(F)C(F)(F)C(F)(F)C(F)(F)C(F)(F)C(F)(F)F)OC(=O)CCCCCCC. The second kappa shape index (κ2) is 17.1. The first-order valence-corrected chi connectivity index (χ1v) is 14.6. The molecule has 0 aliphatic carbocycles. The van der Waals surface area contributed by atoms with E-state index >= 15 is 0 Å². The Balaban J connectivity index is 6.33. The second-order valence-corrected chi connectivity index (χ2v) is 11.0.